The van der Waals surface area contributed by atoms with Gasteiger partial charge >= 0.3 is 0 Å². The molecule has 1 aliphatic heterocycles. The summed E-state index contributed by atoms with van der Waals surface area (Å²) in [6.07, 6.45) is 6.06. The van der Waals surface area contributed by atoms with Crippen LogP contribution in [-0.4, -0.2) is 21.9 Å². The van der Waals surface area contributed by atoms with Gasteiger partial charge in [0.25, 0.3) is 0 Å². The van der Waals surface area contributed by atoms with Crippen molar-refractivity contribution in [1.82, 2.24) is 9.55 Å². The molecule has 0 amide bonds. The molecule has 2 rings (SSSR count). The number of aldehydes is 1. The van der Waals surface area contributed by atoms with Crippen molar-refractivity contribution in [2.75, 3.05) is 0 Å². The van der Waals surface area contributed by atoms with E-state index in [9.17, 15) is 4.79 Å². The third-order valence-corrected chi connectivity index (χ3v) is 2.62. The highest BCUT2D eigenvalue weighted by Gasteiger charge is 2.27. The number of hydrogen-bond donors (Lipinski definition) is 0. The molecule has 0 saturated carbocycles. The highest BCUT2D eigenvalue weighted by molar-refractivity contribution is 5.56. The van der Waals surface area contributed by atoms with Gasteiger partial charge in [-0.25, -0.2) is 4.98 Å². The molecule has 0 aliphatic carbocycles. The molecule has 76 valence electrons. The van der Waals surface area contributed by atoms with E-state index in [4.69, 9.17) is 4.74 Å². The van der Waals surface area contributed by atoms with E-state index in [0.717, 1.165) is 31.4 Å². The quantitative estimate of drug-likeness (QED) is 0.682. The topological polar surface area (TPSA) is 44.1 Å². The minimum Gasteiger partial charge on any atom is -0.361 e. The van der Waals surface area contributed by atoms with Crippen molar-refractivity contribution in [3.8, 4) is 0 Å². The molecule has 2 heterocycles. The van der Waals surface area contributed by atoms with E-state index in [1.54, 1.807) is 6.33 Å². The van der Waals surface area contributed by atoms with Crippen LogP contribution >= 0.6 is 0 Å². The van der Waals surface area contributed by atoms with Crippen LogP contribution in [0.2, 0.25) is 0 Å². The van der Waals surface area contributed by atoms with Crippen molar-refractivity contribution in [2.24, 2.45) is 0 Å². The Hall–Kier alpha value is -1.16. The summed E-state index contributed by atoms with van der Waals surface area (Å²) in [7, 11) is 0. The van der Waals surface area contributed by atoms with E-state index >= 15 is 0 Å². The van der Waals surface area contributed by atoms with Crippen molar-refractivity contribution in [1.29, 1.82) is 0 Å². The number of nitrogens with zero attached hydrogens (tertiary/aromatic N) is 2. The standard InChI is InChI=1S/C10H14N2O2/c1-2-12-7-11-5-9(12)10-4-3-8(6-13)14-10/h5-8,10H,2-4H2,1H3. The van der Waals surface area contributed by atoms with Gasteiger partial charge in [0.05, 0.1) is 18.2 Å². The lowest BCUT2D eigenvalue weighted by Crippen LogP contribution is -2.10. The van der Waals surface area contributed by atoms with Gasteiger partial charge < -0.3 is 14.1 Å². The molecule has 0 spiro atoms. The fraction of sp³-hybridized carbons (Fsp3) is 0.600. The zero-order valence-corrected chi connectivity index (χ0v) is 8.22. The Kier molecular flexibility index (Phi) is 2.63. The second-order valence-corrected chi connectivity index (χ2v) is 3.48. The largest absolute Gasteiger partial charge is 0.361 e. The first-order chi connectivity index (χ1) is 6.85. The van der Waals surface area contributed by atoms with Gasteiger partial charge in [-0.3, -0.25) is 0 Å². The highest BCUT2D eigenvalue weighted by Crippen LogP contribution is 2.31. The molecule has 1 aromatic rings. The molecule has 1 aromatic heterocycles. The second-order valence-electron chi connectivity index (χ2n) is 3.48. The number of hydrogen-bond acceptors (Lipinski definition) is 3. The van der Waals surface area contributed by atoms with Crippen LogP contribution in [0.15, 0.2) is 12.5 Å². The molecular weight excluding hydrogens is 180 g/mol. The summed E-state index contributed by atoms with van der Waals surface area (Å²) >= 11 is 0. The number of imidazole rings is 1. The summed E-state index contributed by atoms with van der Waals surface area (Å²) in [6, 6.07) is 0. The number of aryl methyl sites for hydroxylation is 1. The predicted molar refractivity (Wildman–Crippen MR) is 50.8 cm³/mol. The molecule has 1 aliphatic rings. The van der Waals surface area contributed by atoms with Crippen LogP contribution in [0.3, 0.4) is 0 Å². The van der Waals surface area contributed by atoms with E-state index in [0.29, 0.717) is 0 Å². The molecular formula is C10H14N2O2. The predicted octanol–water partition coefficient (Wildman–Crippen LogP) is 1.32. The van der Waals surface area contributed by atoms with Gasteiger partial charge in [0, 0.05) is 6.54 Å². The summed E-state index contributed by atoms with van der Waals surface area (Å²) in [5.74, 6) is 0. The Morgan fingerprint density at radius 1 is 1.71 bits per heavy atom. The van der Waals surface area contributed by atoms with Crippen LogP contribution in [0.4, 0.5) is 0 Å². The fourth-order valence-corrected chi connectivity index (χ4v) is 1.84. The maximum absolute atomic E-state index is 10.5. The molecule has 4 heteroatoms. The van der Waals surface area contributed by atoms with Gasteiger partial charge in [0.1, 0.15) is 18.5 Å². The second kappa shape index (κ2) is 3.92. The lowest BCUT2D eigenvalue weighted by molar-refractivity contribution is -0.117. The Bertz CT molecular complexity index is 322. The molecule has 14 heavy (non-hydrogen) atoms. The number of aromatic nitrogens is 2. The van der Waals surface area contributed by atoms with Crippen LogP contribution in [0.25, 0.3) is 0 Å². The highest BCUT2D eigenvalue weighted by atomic mass is 16.5. The maximum Gasteiger partial charge on any atom is 0.148 e. The van der Waals surface area contributed by atoms with Gasteiger partial charge in [-0.1, -0.05) is 0 Å². The zero-order valence-electron chi connectivity index (χ0n) is 8.22. The summed E-state index contributed by atoms with van der Waals surface area (Å²) in [6.45, 7) is 2.96. The average molecular weight is 194 g/mol. The minimum absolute atomic E-state index is 0.0487. The fourth-order valence-electron chi connectivity index (χ4n) is 1.84. The van der Waals surface area contributed by atoms with E-state index < -0.39 is 0 Å². The van der Waals surface area contributed by atoms with Crippen molar-refractivity contribution >= 4 is 6.29 Å². The molecule has 1 saturated heterocycles. The van der Waals surface area contributed by atoms with E-state index in [1.807, 2.05) is 6.20 Å². The summed E-state index contributed by atoms with van der Waals surface area (Å²) in [4.78, 5) is 14.6. The van der Waals surface area contributed by atoms with Crippen molar-refractivity contribution in [3.05, 3.63) is 18.2 Å². The number of carbonyl (C=O) groups is 1. The Balaban J connectivity index is 2.12. The third kappa shape index (κ3) is 1.57. The van der Waals surface area contributed by atoms with Crippen molar-refractivity contribution in [2.45, 2.75) is 38.5 Å². The summed E-state index contributed by atoms with van der Waals surface area (Å²) in [5, 5.41) is 0. The number of rotatable bonds is 3. The molecule has 1 fully saturated rings. The van der Waals surface area contributed by atoms with Crippen molar-refractivity contribution in [3.63, 3.8) is 0 Å². The summed E-state index contributed by atoms with van der Waals surface area (Å²) in [5.41, 5.74) is 1.08. The first-order valence-electron chi connectivity index (χ1n) is 4.96. The van der Waals surface area contributed by atoms with Crippen LogP contribution in [-0.2, 0) is 16.1 Å². The van der Waals surface area contributed by atoms with Crippen LogP contribution < -0.4 is 0 Å². The van der Waals surface area contributed by atoms with Gasteiger partial charge in [0.15, 0.2) is 0 Å². The molecule has 0 radical (unpaired) electrons. The Labute approximate surface area is 82.9 Å². The normalized spacial score (nSPS) is 26.6. The number of carbonyl (C=O) groups excluding carboxylic acids is 1. The monoisotopic (exact) mass is 194 g/mol. The van der Waals surface area contributed by atoms with Crippen LogP contribution in [0, 0.1) is 0 Å². The lowest BCUT2D eigenvalue weighted by atomic mass is 10.1. The molecule has 2 atom stereocenters. The molecule has 0 aromatic carbocycles. The first kappa shape index (κ1) is 9.40. The minimum atomic E-state index is -0.222. The Morgan fingerprint density at radius 3 is 3.21 bits per heavy atom. The smallest absolute Gasteiger partial charge is 0.148 e. The SMILES string of the molecule is CCn1cncc1C1CCC(C=O)O1. The van der Waals surface area contributed by atoms with Crippen molar-refractivity contribution < 1.29 is 9.53 Å². The number of ether oxygens (including phenoxy) is 1. The van der Waals surface area contributed by atoms with Crippen LogP contribution in [0.1, 0.15) is 31.6 Å². The zero-order chi connectivity index (χ0) is 9.97. The van der Waals surface area contributed by atoms with Gasteiger partial charge in [-0.15, -0.1) is 0 Å². The van der Waals surface area contributed by atoms with E-state index in [-0.39, 0.29) is 12.2 Å². The molecule has 0 N–H and O–H groups in total. The van der Waals surface area contributed by atoms with Gasteiger partial charge in [-0.05, 0) is 19.8 Å². The van der Waals surface area contributed by atoms with Gasteiger partial charge in [0.2, 0.25) is 0 Å². The van der Waals surface area contributed by atoms with E-state index in [1.165, 1.54) is 0 Å². The average Bonchev–Trinajstić information content (AvgIpc) is 2.85. The first-order valence-corrected chi connectivity index (χ1v) is 4.96. The molecule has 0 bridgehead atoms. The maximum atomic E-state index is 10.5. The third-order valence-electron chi connectivity index (χ3n) is 2.62. The van der Waals surface area contributed by atoms with E-state index in [2.05, 4.69) is 16.5 Å². The lowest BCUT2D eigenvalue weighted by Gasteiger charge is -2.12. The van der Waals surface area contributed by atoms with Crippen LogP contribution in [0.5, 0.6) is 0 Å². The van der Waals surface area contributed by atoms with Gasteiger partial charge in [-0.2, -0.15) is 0 Å². The Morgan fingerprint density at radius 2 is 2.57 bits per heavy atom. The molecule has 4 nitrogen and oxygen atoms in total. The molecule has 2 unspecified atom stereocenters. The summed E-state index contributed by atoms with van der Waals surface area (Å²) < 4.78 is 7.62.